The van der Waals surface area contributed by atoms with Gasteiger partial charge in [-0.2, -0.15) is 5.26 Å². The number of aliphatic hydroxyl groups excluding tert-OH is 2. The van der Waals surface area contributed by atoms with Crippen LogP contribution in [-0.2, 0) is 9.53 Å². The first-order valence-corrected chi connectivity index (χ1v) is 10.0. The highest BCUT2D eigenvalue weighted by molar-refractivity contribution is 7.15. The minimum absolute atomic E-state index is 0.351. The summed E-state index contributed by atoms with van der Waals surface area (Å²) in [6.45, 7) is 2.12. The second-order valence-corrected chi connectivity index (χ2v) is 7.65. The first-order valence-electron chi connectivity index (χ1n) is 9.20. The first kappa shape index (κ1) is 20.2. The number of hydrogen-bond acceptors (Lipinski definition) is 10. The van der Waals surface area contributed by atoms with E-state index in [-0.39, 0.29) is 0 Å². The van der Waals surface area contributed by atoms with Gasteiger partial charge in [-0.1, -0.05) is 0 Å². The number of likely N-dealkylation sites (N-methyl/N-ethyl adjacent to an activating group) is 1. The van der Waals surface area contributed by atoms with Crippen molar-refractivity contribution in [2.75, 3.05) is 18.9 Å². The molecule has 156 valence electrons. The molecule has 4 heterocycles. The van der Waals surface area contributed by atoms with Gasteiger partial charge in [0.2, 0.25) is 0 Å². The van der Waals surface area contributed by atoms with Gasteiger partial charge in [0.15, 0.2) is 35.1 Å². The molecule has 12 heteroatoms. The lowest BCUT2D eigenvalue weighted by Crippen LogP contribution is -2.42. The molecule has 1 aliphatic rings. The van der Waals surface area contributed by atoms with E-state index in [0.717, 1.165) is 0 Å². The van der Waals surface area contributed by atoms with Crippen molar-refractivity contribution in [3.8, 4) is 16.8 Å². The van der Waals surface area contributed by atoms with Crippen LogP contribution in [0.4, 0.5) is 5.82 Å². The van der Waals surface area contributed by atoms with Gasteiger partial charge in [0, 0.05) is 13.6 Å². The van der Waals surface area contributed by atoms with Gasteiger partial charge < -0.3 is 25.6 Å². The molecule has 0 aromatic carbocycles. The van der Waals surface area contributed by atoms with Crippen molar-refractivity contribution in [2.24, 2.45) is 0 Å². The Bertz CT molecular complexity index is 1140. The van der Waals surface area contributed by atoms with Gasteiger partial charge in [-0.05, 0) is 19.1 Å². The molecule has 1 amide bonds. The van der Waals surface area contributed by atoms with Crippen molar-refractivity contribution < 1.29 is 19.7 Å². The van der Waals surface area contributed by atoms with Gasteiger partial charge >= 0.3 is 0 Å². The number of nitrogens with zero attached hydrogens (tertiary/aromatic N) is 5. The van der Waals surface area contributed by atoms with Gasteiger partial charge in [0.05, 0.1) is 11.2 Å². The van der Waals surface area contributed by atoms with Crippen LogP contribution in [0.3, 0.4) is 0 Å². The van der Waals surface area contributed by atoms with Crippen LogP contribution in [0.1, 0.15) is 18.0 Å². The standard InChI is InChI=1S/C18H19N7O4S/c1-3-21-17(28)13-11(26)12(27)18(29-13)25-7-22-10-15(20-2)23-14(24-16(10)25)9-5-4-8(6-19)30-9/h4-5,7,11-13,18,26-27H,3H2,1-2H3,(H,21,28)(H,20,23,24)/t11?,12?,13-,18?/m1/s1. The molecule has 3 aromatic rings. The number of carbonyl (C=O) groups excluding carboxylic acids is 1. The summed E-state index contributed by atoms with van der Waals surface area (Å²) >= 11 is 1.25. The van der Waals surface area contributed by atoms with Crippen molar-refractivity contribution in [3.63, 3.8) is 0 Å². The number of hydrogen-bond donors (Lipinski definition) is 4. The Morgan fingerprint density at radius 3 is 2.83 bits per heavy atom. The molecule has 3 aromatic heterocycles. The van der Waals surface area contributed by atoms with E-state index in [2.05, 4.69) is 31.7 Å². The zero-order valence-corrected chi connectivity index (χ0v) is 16.9. The van der Waals surface area contributed by atoms with Gasteiger partial charge in [-0.25, -0.2) is 15.0 Å². The fourth-order valence-electron chi connectivity index (χ4n) is 3.29. The second kappa shape index (κ2) is 7.96. The molecular weight excluding hydrogens is 410 g/mol. The second-order valence-electron chi connectivity index (χ2n) is 6.57. The Labute approximate surface area is 175 Å². The van der Waals surface area contributed by atoms with Gasteiger partial charge in [0.1, 0.15) is 23.2 Å². The lowest BCUT2D eigenvalue weighted by Gasteiger charge is -2.16. The number of nitriles is 1. The predicted octanol–water partition coefficient (Wildman–Crippen LogP) is 0.223. The van der Waals surface area contributed by atoms with Crippen molar-refractivity contribution in [3.05, 3.63) is 23.3 Å². The summed E-state index contributed by atoms with van der Waals surface area (Å²) < 4.78 is 7.15. The fourth-order valence-corrected chi connectivity index (χ4v) is 4.02. The summed E-state index contributed by atoms with van der Waals surface area (Å²) in [6, 6.07) is 5.51. The summed E-state index contributed by atoms with van der Waals surface area (Å²) in [6.07, 6.45) is -3.64. The van der Waals surface area contributed by atoms with E-state index in [0.29, 0.717) is 39.1 Å². The quantitative estimate of drug-likeness (QED) is 0.445. The molecule has 1 aliphatic heterocycles. The minimum atomic E-state index is -1.40. The average molecular weight is 429 g/mol. The monoisotopic (exact) mass is 429 g/mol. The lowest BCUT2D eigenvalue weighted by atomic mass is 10.1. The molecule has 11 nitrogen and oxygen atoms in total. The summed E-state index contributed by atoms with van der Waals surface area (Å²) in [4.78, 5) is 26.7. The van der Waals surface area contributed by atoms with E-state index in [1.54, 1.807) is 26.1 Å². The molecule has 4 N–H and O–H groups in total. The number of imidazole rings is 1. The topological polar surface area (TPSA) is 158 Å². The van der Waals surface area contributed by atoms with Crippen LogP contribution in [0.15, 0.2) is 18.5 Å². The van der Waals surface area contributed by atoms with E-state index in [1.807, 2.05) is 0 Å². The number of aromatic nitrogens is 4. The van der Waals surface area contributed by atoms with Crippen LogP contribution in [0, 0.1) is 11.3 Å². The fraction of sp³-hybridized carbons (Fsp3) is 0.389. The Morgan fingerprint density at radius 1 is 1.37 bits per heavy atom. The highest BCUT2D eigenvalue weighted by atomic mass is 32.1. The van der Waals surface area contributed by atoms with E-state index < -0.39 is 30.4 Å². The number of aliphatic hydroxyl groups is 2. The summed E-state index contributed by atoms with van der Waals surface area (Å²) in [5.41, 5.74) is 0.786. The third-order valence-electron chi connectivity index (χ3n) is 4.72. The number of nitrogens with one attached hydrogen (secondary N) is 2. The summed E-state index contributed by atoms with van der Waals surface area (Å²) in [5.74, 6) is 0.312. The van der Waals surface area contributed by atoms with Gasteiger partial charge in [0.25, 0.3) is 5.91 Å². The van der Waals surface area contributed by atoms with Crippen molar-refractivity contribution in [2.45, 2.75) is 31.5 Å². The van der Waals surface area contributed by atoms with Crippen molar-refractivity contribution in [1.29, 1.82) is 5.26 Å². The first-order chi connectivity index (χ1) is 14.5. The highest BCUT2D eigenvalue weighted by Crippen LogP contribution is 2.34. The van der Waals surface area contributed by atoms with Crippen LogP contribution in [0.5, 0.6) is 0 Å². The molecule has 4 atom stereocenters. The predicted molar refractivity (Wildman–Crippen MR) is 108 cm³/mol. The Hall–Kier alpha value is -3.11. The van der Waals surface area contributed by atoms with Crippen molar-refractivity contribution in [1.82, 2.24) is 24.8 Å². The van der Waals surface area contributed by atoms with E-state index in [9.17, 15) is 15.0 Å². The third kappa shape index (κ3) is 3.27. The highest BCUT2D eigenvalue weighted by Gasteiger charge is 2.47. The summed E-state index contributed by atoms with van der Waals surface area (Å²) in [7, 11) is 1.69. The van der Waals surface area contributed by atoms with Crippen LogP contribution < -0.4 is 10.6 Å². The Balaban J connectivity index is 1.77. The SMILES string of the molecule is CCNC(=O)[C@@H]1OC(n2cnc3c(NC)nc(-c4ccc(C#N)s4)nc32)C(O)C1O. The molecule has 30 heavy (non-hydrogen) atoms. The number of thiophene rings is 1. The maximum absolute atomic E-state index is 12.2. The average Bonchev–Trinajstić information content (AvgIpc) is 3.46. The number of ether oxygens (including phenoxy) is 1. The third-order valence-corrected chi connectivity index (χ3v) is 5.70. The lowest BCUT2D eigenvalue weighted by molar-refractivity contribution is -0.137. The summed E-state index contributed by atoms with van der Waals surface area (Å²) in [5, 5.41) is 35.5. The molecular formula is C18H19N7O4S. The van der Waals surface area contributed by atoms with Gasteiger partial charge in [-0.3, -0.25) is 9.36 Å². The van der Waals surface area contributed by atoms with E-state index in [1.165, 1.54) is 22.2 Å². The number of amides is 1. The minimum Gasteiger partial charge on any atom is -0.387 e. The maximum Gasteiger partial charge on any atom is 0.252 e. The molecule has 1 fully saturated rings. The largest absolute Gasteiger partial charge is 0.387 e. The molecule has 1 saturated heterocycles. The smallest absolute Gasteiger partial charge is 0.252 e. The number of fused-ring (bicyclic) bond motifs is 1. The van der Waals surface area contributed by atoms with Gasteiger partial charge in [-0.15, -0.1) is 11.3 Å². The number of anilines is 1. The van der Waals surface area contributed by atoms with Crippen LogP contribution in [0.2, 0.25) is 0 Å². The van der Waals surface area contributed by atoms with E-state index >= 15 is 0 Å². The zero-order chi connectivity index (χ0) is 21.4. The number of carbonyl (C=O) groups is 1. The van der Waals surface area contributed by atoms with Crippen LogP contribution in [0.25, 0.3) is 21.9 Å². The Kier molecular flexibility index (Phi) is 5.35. The van der Waals surface area contributed by atoms with Crippen LogP contribution >= 0.6 is 11.3 Å². The molecule has 3 unspecified atom stereocenters. The van der Waals surface area contributed by atoms with Crippen LogP contribution in [-0.4, -0.2) is 67.5 Å². The molecule has 0 aliphatic carbocycles. The molecule has 0 radical (unpaired) electrons. The van der Waals surface area contributed by atoms with Crippen molar-refractivity contribution >= 4 is 34.2 Å². The molecule has 0 bridgehead atoms. The molecule has 4 rings (SSSR count). The maximum atomic E-state index is 12.2. The molecule has 0 spiro atoms. The molecule has 0 saturated carbocycles. The van der Waals surface area contributed by atoms with E-state index in [4.69, 9.17) is 10.00 Å². The zero-order valence-electron chi connectivity index (χ0n) is 16.1. The Morgan fingerprint density at radius 2 is 2.17 bits per heavy atom. The normalized spacial score (nSPS) is 23.4. The number of rotatable bonds is 5.